The standard InChI is InChI=1S/2C7H10N2.H2O/c2*1-9(2)7-3-5-8-6-4-7;/h2*3-6H,1-2H3;1H2. The molecule has 0 fully saturated rings. The van der Waals surface area contributed by atoms with Gasteiger partial charge in [0.15, 0.2) is 0 Å². The van der Waals surface area contributed by atoms with Crippen LogP contribution < -0.4 is 9.80 Å². The third kappa shape index (κ3) is 6.38. The van der Waals surface area contributed by atoms with E-state index in [9.17, 15) is 0 Å². The van der Waals surface area contributed by atoms with Crippen molar-refractivity contribution < 1.29 is 5.48 Å². The van der Waals surface area contributed by atoms with E-state index in [1.807, 2.05) is 62.3 Å². The van der Waals surface area contributed by atoms with E-state index in [2.05, 4.69) is 9.97 Å². The zero-order chi connectivity index (χ0) is 13.4. The largest absolute Gasteiger partial charge is 0.412 e. The van der Waals surface area contributed by atoms with Gasteiger partial charge < -0.3 is 15.3 Å². The van der Waals surface area contributed by atoms with Crippen molar-refractivity contribution in [3.8, 4) is 0 Å². The summed E-state index contributed by atoms with van der Waals surface area (Å²) in [4.78, 5) is 11.9. The van der Waals surface area contributed by atoms with E-state index < -0.39 is 0 Å². The number of pyridine rings is 2. The molecular weight excluding hydrogens is 240 g/mol. The third-order valence-electron chi connectivity index (χ3n) is 2.36. The van der Waals surface area contributed by atoms with Crippen molar-refractivity contribution in [1.29, 1.82) is 0 Å². The monoisotopic (exact) mass is 262 g/mol. The Hall–Kier alpha value is -2.14. The molecule has 0 bridgehead atoms. The molecular formula is C14H22N4O. The summed E-state index contributed by atoms with van der Waals surface area (Å²) >= 11 is 0. The van der Waals surface area contributed by atoms with Crippen LogP contribution in [-0.4, -0.2) is 43.6 Å². The van der Waals surface area contributed by atoms with Crippen LogP contribution in [0.2, 0.25) is 0 Å². The summed E-state index contributed by atoms with van der Waals surface area (Å²) in [6, 6.07) is 7.89. The molecule has 2 N–H and O–H groups in total. The summed E-state index contributed by atoms with van der Waals surface area (Å²) in [5, 5.41) is 0. The molecule has 0 saturated carbocycles. The fourth-order valence-corrected chi connectivity index (χ4v) is 1.28. The summed E-state index contributed by atoms with van der Waals surface area (Å²) < 4.78 is 0. The molecule has 5 heteroatoms. The fourth-order valence-electron chi connectivity index (χ4n) is 1.28. The second kappa shape index (κ2) is 8.88. The van der Waals surface area contributed by atoms with Gasteiger partial charge in [-0.1, -0.05) is 0 Å². The second-order valence-corrected chi connectivity index (χ2v) is 4.20. The SMILES string of the molecule is CN(C)c1ccncc1.CN(C)c1ccncc1.O. The number of hydrogen-bond donors (Lipinski definition) is 0. The van der Waals surface area contributed by atoms with Crippen LogP contribution in [0.15, 0.2) is 49.1 Å². The molecule has 0 aliphatic heterocycles. The first-order chi connectivity index (χ1) is 8.61. The lowest BCUT2D eigenvalue weighted by Gasteiger charge is -2.10. The Labute approximate surface area is 114 Å². The average molecular weight is 262 g/mol. The van der Waals surface area contributed by atoms with Crippen LogP contribution in [0.5, 0.6) is 0 Å². The summed E-state index contributed by atoms with van der Waals surface area (Å²) in [6.45, 7) is 0. The molecule has 0 saturated heterocycles. The van der Waals surface area contributed by atoms with Gasteiger partial charge in [-0.15, -0.1) is 0 Å². The van der Waals surface area contributed by atoms with E-state index in [0.29, 0.717) is 0 Å². The van der Waals surface area contributed by atoms with Crippen molar-refractivity contribution in [2.75, 3.05) is 38.0 Å². The van der Waals surface area contributed by atoms with Crippen LogP contribution in [0, 0.1) is 0 Å². The van der Waals surface area contributed by atoms with Gasteiger partial charge in [-0.05, 0) is 24.3 Å². The lowest BCUT2D eigenvalue weighted by atomic mass is 10.4. The Morgan fingerprint density at radius 2 is 0.895 bits per heavy atom. The topological polar surface area (TPSA) is 63.8 Å². The van der Waals surface area contributed by atoms with Crippen molar-refractivity contribution in [3.05, 3.63) is 49.1 Å². The van der Waals surface area contributed by atoms with E-state index in [1.54, 1.807) is 24.8 Å². The Morgan fingerprint density at radius 1 is 0.632 bits per heavy atom. The number of nitrogens with zero attached hydrogens (tertiary/aromatic N) is 4. The molecule has 2 rings (SSSR count). The van der Waals surface area contributed by atoms with Gasteiger partial charge in [0.25, 0.3) is 0 Å². The third-order valence-corrected chi connectivity index (χ3v) is 2.36. The molecule has 5 nitrogen and oxygen atoms in total. The minimum atomic E-state index is 0. The molecule has 2 aromatic heterocycles. The molecule has 2 heterocycles. The summed E-state index contributed by atoms with van der Waals surface area (Å²) in [6.07, 6.45) is 7.15. The van der Waals surface area contributed by atoms with Crippen molar-refractivity contribution in [2.24, 2.45) is 0 Å². The average Bonchev–Trinajstić information content (AvgIpc) is 2.41. The summed E-state index contributed by atoms with van der Waals surface area (Å²) in [7, 11) is 8.04. The van der Waals surface area contributed by atoms with E-state index >= 15 is 0 Å². The van der Waals surface area contributed by atoms with Crippen LogP contribution in [0.25, 0.3) is 0 Å². The molecule has 0 unspecified atom stereocenters. The smallest absolute Gasteiger partial charge is 0.0391 e. The zero-order valence-corrected chi connectivity index (χ0v) is 11.9. The van der Waals surface area contributed by atoms with Crippen LogP contribution >= 0.6 is 0 Å². The zero-order valence-electron chi connectivity index (χ0n) is 11.9. The van der Waals surface area contributed by atoms with E-state index in [-0.39, 0.29) is 5.48 Å². The normalized spacial score (nSPS) is 8.63. The van der Waals surface area contributed by atoms with Crippen molar-refractivity contribution in [3.63, 3.8) is 0 Å². The quantitative estimate of drug-likeness (QED) is 0.822. The van der Waals surface area contributed by atoms with E-state index in [0.717, 1.165) is 0 Å². The number of rotatable bonds is 2. The highest BCUT2D eigenvalue weighted by Crippen LogP contribution is 2.06. The predicted molar refractivity (Wildman–Crippen MR) is 80.7 cm³/mol. The second-order valence-electron chi connectivity index (χ2n) is 4.20. The number of anilines is 2. The molecule has 0 aliphatic rings. The van der Waals surface area contributed by atoms with Crippen LogP contribution in [0.3, 0.4) is 0 Å². The Kier molecular flexibility index (Phi) is 7.88. The molecule has 0 radical (unpaired) electrons. The van der Waals surface area contributed by atoms with Gasteiger partial charge in [-0.2, -0.15) is 0 Å². The van der Waals surface area contributed by atoms with E-state index in [1.165, 1.54) is 11.4 Å². The highest BCUT2D eigenvalue weighted by Gasteiger charge is 1.89. The lowest BCUT2D eigenvalue weighted by Crippen LogP contribution is -2.07. The number of aromatic nitrogens is 2. The first-order valence-corrected chi connectivity index (χ1v) is 5.76. The maximum atomic E-state index is 3.90. The predicted octanol–water partition coefficient (Wildman–Crippen LogP) is 1.47. The van der Waals surface area contributed by atoms with E-state index in [4.69, 9.17) is 0 Å². The molecule has 0 atom stereocenters. The van der Waals surface area contributed by atoms with Crippen LogP contribution in [0.1, 0.15) is 0 Å². The Morgan fingerprint density at radius 3 is 1.05 bits per heavy atom. The van der Waals surface area contributed by atoms with Gasteiger partial charge in [0, 0.05) is 64.4 Å². The molecule has 19 heavy (non-hydrogen) atoms. The Bertz CT molecular complexity index is 388. The highest BCUT2D eigenvalue weighted by molar-refractivity contribution is 5.42. The fraction of sp³-hybridized carbons (Fsp3) is 0.286. The number of hydrogen-bond acceptors (Lipinski definition) is 4. The van der Waals surface area contributed by atoms with Gasteiger partial charge in [-0.3, -0.25) is 9.97 Å². The maximum Gasteiger partial charge on any atom is 0.0391 e. The molecule has 0 aromatic carbocycles. The summed E-state index contributed by atoms with van der Waals surface area (Å²) in [5.41, 5.74) is 2.37. The molecule has 0 amide bonds. The van der Waals surface area contributed by atoms with Gasteiger partial charge in [0.05, 0.1) is 0 Å². The van der Waals surface area contributed by atoms with Crippen LogP contribution in [-0.2, 0) is 0 Å². The summed E-state index contributed by atoms with van der Waals surface area (Å²) in [5.74, 6) is 0. The van der Waals surface area contributed by atoms with Crippen molar-refractivity contribution in [2.45, 2.75) is 0 Å². The minimum absolute atomic E-state index is 0. The van der Waals surface area contributed by atoms with Gasteiger partial charge >= 0.3 is 0 Å². The molecule has 104 valence electrons. The highest BCUT2D eigenvalue weighted by atomic mass is 16.0. The van der Waals surface area contributed by atoms with Crippen LogP contribution in [0.4, 0.5) is 11.4 Å². The molecule has 2 aromatic rings. The van der Waals surface area contributed by atoms with Gasteiger partial charge in [-0.25, -0.2) is 0 Å². The minimum Gasteiger partial charge on any atom is -0.412 e. The first-order valence-electron chi connectivity index (χ1n) is 5.76. The van der Waals surface area contributed by atoms with Gasteiger partial charge in [0.2, 0.25) is 0 Å². The lowest BCUT2D eigenvalue weighted by molar-refractivity contribution is 0.824. The molecule has 0 aliphatic carbocycles. The van der Waals surface area contributed by atoms with Crippen molar-refractivity contribution in [1.82, 2.24) is 9.97 Å². The first kappa shape index (κ1) is 16.9. The Balaban J connectivity index is 0.000000324. The van der Waals surface area contributed by atoms with Gasteiger partial charge in [0.1, 0.15) is 0 Å². The molecule has 0 spiro atoms. The maximum absolute atomic E-state index is 3.90. The van der Waals surface area contributed by atoms with Crippen molar-refractivity contribution >= 4 is 11.4 Å².